The maximum absolute atomic E-state index is 12.7. The van der Waals surface area contributed by atoms with Crippen LogP contribution in [-0.4, -0.2) is 60.0 Å². The van der Waals surface area contributed by atoms with Gasteiger partial charge in [0, 0.05) is 42.5 Å². The molecule has 1 unspecified atom stereocenters. The average Bonchev–Trinajstić information content (AvgIpc) is 3.46. The molecule has 2 aliphatic heterocycles. The Balaban J connectivity index is 1.23. The van der Waals surface area contributed by atoms with E-state index in [1.165, 1.54) is 30.5 Å². The average molecular weight is 450 g/mol. The Hall–Kier alpha value is -2.51. The molecule has 1 amide bonds. The van der Waals surface area contributed by atoms with E-state index in [9.17, 15) is 4.79 Å². The van der Waals surface area contributed by atoms with E-state index in [0.717, 1.165) is 54.9 Å². The first-order valence-corrected chi connectivity index (χ1v) is 12.6. The molecule has 2 fully saturated rings. The van der Waals surface area contributed by atoms with Gasteiger partial charge in [0.2, 0.25) is 5.91 Å². The quantitative estimate of drug-likeness (QED) is 0.612. The van der Waals surface area contributed by atoms with Crippen LogP contribution in [0.1, 0.15) is 32.1 Å². The van der Waals surface area contributed by atoms with E-state index in [1.54, 1.807) is 17.7 Å². The summed E-state index contributed by atoms with van der Waals surface area (Å²) in [5.41, 5.74) is 2.38. The highest BCUT2D eigenvalue weighted by atomic mass is 32.1. The number of carbonyl (C=O) groups excluding carboxylic acids is 1. The van der Waals surface area contributed by atoms with Gasteiger partial charge in [-0.3, -0.25) is 4.79 Å². The fraction of sp³-hybridized carbons (Fsp3) is 0.480. The summed E-state index contributed by atoms with van der Waals surface area (Å²) >= 11 is 1.67. The number of thiophene rings is 1. The molecular weight excluding hydrogens is 418 g/mol. The largest absolute Gasteiger partial charge is 0.356 e. The maximum Gasteiger partial charge on any atom is 0.223 e. The van der Waals surface area contributed by atoms with E-state index in [4.69, 9.17) is 0 Å². The van der Waals surface area contributed by atoms with Crippen molar-refractivity contribution in [1.29, 1.82) is 0 Å². The van der Waals surface area contributed by atoms with Crippen molar-refractivity contribution >= 4 is 33.3 Å². The summed E-state index contributed by atoms with van der Waals surface area (Å²) in [6.07, 6.45) is 6.99. The summed E-state index contributed by atoms with van der Waals surface area (Å²) in [5, 5.41) is 6.51. The standard InChI is InChI=1S/C25H31N5OS/c1-29-13-5-8-20(29)9-12-26-24(31)19-10-14-30(15-11-19)23-22-21(18-6-3-2-4-7-18)16-32-25(22)28-17-27-23/h2-4,6-7,16-17,19-20H,5,8-15H2,1H3,(H,26,31). The van der Waals surface area contributed by atoms with E-state index < -0.39 is 0 Å². The van der Waals surface area contributed by atoms with Crippen molar-refractivity contribution in [2.45, 2.75) is 38.1 Å². The second-order valence-electron chi connectivity index (χ2n) is 9.01. The molecule has 0 saturated carbocycles. The number of hydrogen-bond donors (Lipinski definition) is 1. The molecule has 1 aromatic carbocycles. The number of benzene rings is 1. The number of aromatic nitrogens is 2. The number of nitrogens with zero attached hydrogens (tertiary/aromatic N) is 4. The van der Waals surface area contributed by atoms with Crippen molar-refractivity contribution in [2.24, 2.45) is 5.92 Å². The molecule has 2 aromatic heterocycles. The van der Waals surface area contributed by atoms with Gasteiger partial charge < -0.3 is 15.1 Å². The number of piperidine rings is 1. The minimum absolute atomic E-state index is 0.0981. The van der Waals surface area contributed by atoms with Gasteiger partial charge in [0.05, 0.1) is 5.39 Å². The van der Waals surface area contributed by atoms with Gasteiger partial charge in [-0.25, -0.2) is 9.97 Å². The number of carbonyl (C=O) groups is 1. The number of hydrogen-bond acceptors (Lipinski definition) is 6. The summed E-state index contributed by atoms with van der Waals surface area (Å²) < 4.78 is 0. The second-order valence-corrected chi connectivity index (χ2v) is 9.87. The summed E-state index contributed by atoms with van der Waals surface area (Å²) in [5.74, 6) is 1.32. The van der Waals surface area contributed by atoms with E-state index in [-0.39, 0.29) is 11.8 Å². The number of amides is 1. The first-order chi connectivity index (χ1) is 15.7. The Labute approximate surface area is 193 Å². The third-order valence-electron chi connectivity index (χ3n) is 7.05. The van der Waals surface area contributed by atoms with Crippen LogP contribution in [0, 0.1) is 5.92 Å². The topological polar surface area (TPSA) is 61.4 Å². The Morgan fingerprint density at radius 1 is 1.12 bits per heavy atom. The minimum atomic E-state index is 0.0981. The summed E-state index contributed by atoms with van der Waals surface area (Å²) in [6.45, 7) is 3.67. The van der Waals surface area contributed by atoms with Gasteiger partial charge in [0.25, 0.3) is 0 Å². The number of anilines is 1. The van der Waals surface area contributed by atoms with Crippen LogP contribution in [0.5, 0.6) is 0 Å². The fourth-order valence-electron chi connectivity index (χ4n) is 5.13. The summed E-state index contributed by atoms with van der Waals surface area (Å²) in [6, 6.07) is 11.1. The van der Waals surface area contributed by atoms with Crippen molar-refractivity contribution < 1.29 is 4.79 Å². The molecule has 4 heterocycles. The van der Waals surface area contributed by atoms with Crippen LogP contribution >= 0.6 is 11.3 Å². The Kier molecular flexibility index (Phi) is 6.37. The van der Waals surface area contributed by atoms with E-state index in [0.29, 0.717) is 6.04 Å². The molecule has 168 valence electrons. The molecule has 2 saturated heterocycles. The zero-order valence-electron chi connectivity index (χ0n) is 18.7. The molecule has 0 aliphatic carbocycles. The maximum atomic E-state index is 12.7. The van der Waals surface area contributed by atoms with Gasteiger partial charge in [-0.2, -0.15) is 0 Å². The lowest BCUT2D eigenvalue weighted by atomic mass is 9.95. The Bertz CT molecular complexity index is 1060. The number of fused-ring (bicyclic) bond motifs is 1. The van der Waals surface area contributed by atoms with Gasteiger partial charge in [0.1, 0.15) is 17.0 Å². The van der Waals surface area contributed by atoms with E-state index in [2.05, 4.69) is 61.8 Å². The van der Waals surface area contributed by atoms with Gasteiger partial charge in [-0.05, 0) is 51.3 Å². The van der Waals surface area contributed by atoms with Crippen molar-refractivity contribution in [3.05, 3.63) is 42.0 Å². The van der Waals surface area contributed by atoms with Crippen LogP contribution < -0.4 is 10.2 Å². The molecule has 2 aliphatic rings. The molecule has 1 atom stereocenters. The molecule has 0 radical (unpaired) electrons. The monoisotopic (exact) mass is 449 g/mol. The normalized spacial score (nSPS) is 20.2. The second kappa shape index (κ2) is 9.55. The summed E-state index contributed by atoms with van der Waals surface area (Å²) in [4.78, 5) is 27.7. The smallest absolute Gasteiger partial charge is 0.223 e. The number of rotatable bonds is 6. The third kappa shape index (κ3) is 4.36. The van der Waals surface area contributed by atoms with Gasteiger partial charge in [-0.1, -0.05) is 30.3 Å². The Morgan fingerprint density at radius 2 is 1.94 bits per heavy atom. The predicted molar refractivity (Wildman–Crippen MR) is 131 cm³/mol. The van der Waals surface area contributed by atoms with Gasteiger partial charge in [0.15, 0.2) is 0 Å². The molecule has 0 spiro atoms. The molecule has 7 heteroatoms. The molecule has 5 rings (SSSR count). The zero-order valence-corrected chi connectivity index (χ0v) is 19.5. The van der Waals surface area contributed by atoms with Crippen molar-refractivity contribution in [3.63, 3.8) is 0 Å². The summed E-state index contributed by atoms with van der Waals surface area (Å²) in [7, 11) is 2.19. The first kappa shape index (κ1) is 21.3. The molecular formula is C25H31N5OS. The minimum Gasteiger partial charge on any atom is -0.356 e. The molecule has 6 nitrogen and oxygen atoms in total. The molecule has 0 bridgehead atoms. The molecule has 3 aromatic rings. The van der Waals surface area contributed by atoms with Crippen LogP contribution in [0.25, 0.3) is 21.3 Å². The van der Waals surface area contributed by atoms with Crippen LogP contribution in [0.2, 0.25) is 0 Å². The lowest BCUT2D eigenvalue weighted by Crippen LogP contribution is -2.41. The number of likely N-dealkylation sites (tertiary alicyclic amines) is 1. The Morgan fingerprint density at radius 3 is 2.69 bits per heavy atom. The third-order valence-corrected chi connectivity index (χ3v) is 7.93. The fourth-order valence-corrected chi connectivity index (χ4v) is 6.04. The molecule has 32 heavy (non-hydrogen) atoms. The van der Waals surface area contributed by atoms with Crippen LogP contribution in [0.3, 0.4) is 0 Å². The van der Waals surface area contributed by atoms with Gasteiger partial charge >= 0.3 is 0 Å². The van der Waals surface area contributed by atoms with Crippen LogP contribution in [0.15, 0.2) is 42.0 Å². The van der Waals surface area contributed by atoms with E-state index >= 15 is 0 Å². The van der Waals surface area contributed by atoms with Crippen molar-refractivity contribution in [1.82, 2.24) is 20.2 Å². The number of nitrogens with one attached hydrogen (secondary N) is 1. The highest BCUT2D eigenvalue weighted by Gasteiger charge is 2.28. The lowest BCUT2D eigenvalue weighted by Gasteiger charge is -2.32. The lowest BCUT2D eigenvalue weighted by molar-refractivity contribution is -0.125. The SMILES string of the molecule is CN1CCCC1CCNC(=O)C1CCN(c2ncnc3scc(-c4ccccc4)c23)CC1. The van der Waals surface area contributed by atoms with Crippen molar-refractivity contribution in [3.8, 4) is 11.1 Å². The van der Waals surface area contributed by atoms with Crippen LogP contribution in [-0.2, 0) is 4.79 Å². The predicted octanol–water partition coefficient (Wildman–Crippen LogP) is 4.18. The highest BCUT2D eigenvalue weighted by molar-refractivity contribution is 7.17. The first-order valence-electron chi connectivity index (χ1n) is 11.7. The molecule has 1 N–H and O–H groups in total. The van der Waals surface area contributed by atoms with Crippen molar-refractivity contribution in [2.75, 3.05) is 38.1 Å². The highest BCUT2D eigenvalue weighted by Crippen LogP contribution is 2.38. The zero-order chi connectivity index (χ0) is 21.9. The van der Waals surface area contributed by atoms with Crippen LogP contribution in [0.4, 0.5) is 5.82 Å². The van der Waals surface area contributed by atoms with E-state index in [1.807, 2.05) is 6.07 Å². The van der Waals surface area contributed by atoms with Gasteiger partial charge in [-0.15, -0.1) is 11.3 Å².